The van der Waals surface area contributed by atoms with Crippen molar-refractivity contribution in [2.75, 3.05) is 6.54 Å². The van der Waals surface area contributed by atoms with Gasteiger partial charge in [-0.2, -0.15) is 0 Å². The van der Waals surface area contributed by atoms with E-state index in [1.54, 1.807) is 0 Å². The highest BCUT2D eigenvalue weighted by Crippen LogP contribution is 2.60. The van der Waals surface area contributed by atoms with Crippen molar-refractivity contribution in [1.29, 1.82) is 0 Å². The van der Waals surface area contributed by atoms with Gasteiger partial charge in [-0.3, -0.25) is 4.79 Å². The Morgan fingerprint density at radius 3 is 3.00 bits per heavy atom. The van der Waals surface area contributed by atoms with Gasteiger partial charge in [-0.25, -0.2) is 0 Å². The molecule has 0 aliphatic heterocycles. The van der Waals surface area contributed by atoms with Crippen molar-refractivity contribution in [2.24, 2.45) is 23.0 Å². The van der Waals surface area contributed by atoms with Gasteiger partial charge in [0.2, 0.25) is 0 Å². The number of allylic oxidation sites excluding steroid dienone is 2. The number of hydrogen-bond acceptors (Lipinski definition) is 2. The zero-order valence-electron chi connectivity index (χ0n) is 8.49. The third-order valence-corrected chi connectivity index (χ3v) is 3.94. The van der Waals surface area contributed by atoms with Crippen molar-refractivity contribution in [2.45, 2.75) is 26.2 Å². The summed E-state index contributed by atoms with van der Waals surface area (Å²) in [6, 6.07) is 0. The van der Waals surface area contributed by atoms with E-state index >= 15 is 0 Å². The molecule has 2 aliphatic rings. The first kappa shape index (κ1) is 9.71. The van der Waals surface area contributed by atoms with Crippen molar-refractivity contribution in [3.05, 3.63) is 11.6 Å². The topological polar surface area (TPSA) is 63.3 Å². The van der Waals surface area contributed by atoms with Gasteiger partial charge in [0.05, 0.1) is 6.42 Å². The van der Waals surface area contributed by atoms with Crippen LogP contribution in [0, 0.1) is 17.3 Å². The number of rotatable bonds is 3. The quantitative estimate of drug-likeness (QED) is 0.669. The van der Waals surface area contributed by atoms with Crippen LogP contribution in [0.25, 0.3) is 0 Å². The van der Waals surface area contributed by atoms with E-state index < -0.39 is 5.97 Å². The average Bonchev–Trinajstić information content (AvgIpc) is 2.37. The van der Waals surface area contributed by atoms with Crippen molar-refractivity contribution >= 4 is 5.97 Å². The summed E-state index contributed by atoms with van der Waals surface area (Å²) in [7, 11) is 0. The van der Waals surface area contributed by atoms with E-state index in [1.165, 1.54) is 5.57 Å². The molecule has 3 nitrogen and oxygen atoms in total. The summed E-state index contributed by atoms with van der Waals surface area (Å²) < 4.78 is 0. The molecule has 1 saturated carbocycles. The minimum Gasteiger partial charge on any atom is -0.481 e. The fourth-order valence-electron chi connectivity index (χ4n) is 3.41. The molecule has 14 heavy (non-hydrogen) atoms. The van der Waals surface area contributed by atoms with Gasteiger partial charge < -0.3 is 10.8 Å². The molecule has 0 saturated heterocycles. The van der Waals surface area contributed by atoms with Gasteiger partial charge in [0.15, 0.2) is 0 Å². The standard InChI is InChI=1S/C11H17NO2/c1-7-2-3-8-4-11(6-12,10(7)8)5-9(13)14/h2,8,10H,3-6,12H2,1H3,(H,13,14). The van der Waals surface area contributed by atoms with Gasteiger partial charge in [-0.15, -0.1) is 0 Å². The van der Waals surface area contributed by atoms with Crippen LogP contribution >= 0.6 is 0 Å². The molecule has 0 aromatic carbocycles. The maximum atomic E-state index is 10.8. The van der Waals surface area contributed by atoms with E-state index in [4.69, 9.17) is 10.8 Å². The second kappa shape index (κ2) is 3.09. The fourth-order valence-corrected chi connectivity index (χ4v) is 3.41. The monoisotopic (exact) mass is 195 g/mol. The predicted octanol–water partition coefficient (Wildman–Crippen LogP) is 1.39. The maximum absolute atomic E-state index is 10.8. The van der Waals surface area contributed by atoms with Crippen LogP contribution in [-0.4, -0.2) is 17.6 Å². The lowest BCUT2D eigenvalue weighted by Crippen LogP contribution is -2.52. The Morgan fingerprint density at radius 2 is 2.50 bits per heavy atom. The number of carboxylic acids is 1. The Kier molecular flexibility index (Phi) is 2.14. The maximum Gasteiger partial charge on any atom is 0.303 e. The number of nitrogens with two attached hydrogens (primary N) is 1. The van der Waals surface area contributed by atoms with E-state index in [0.29, 0.717) is 18.4 Å². The molecule has 78 valence electrons. The SMILES string of the molecule is CC1=CCC2CC(CN)(CC(=O)O)C12. The summed E-state index contributed by atoms with van der Waals surface area (Å²) in [6.07, 6.45) is 4.59. The van der Waals surface area contributed by atoms with Gasteiger partial charge in [0, 0.05) is 5.41 Å². The smallest absolute Gasteiger partial charge is 0.303 e. The molecule has 3 atom stereocenters. The number of fused-ring (bicyclic) bond motifs is 1. The number of carboxylic acid groups (broad SMARTS) is 1. The van der Waals surface area contributed by atoms with Crippen molar-refractivity contribution in [3.8, 4) is 0 Å². The molecule has 3 heteroatoms. The number of carbonyl (C=O) groups is 1. The number of aliphatic carboxylic acids is 1. The molecule has 0 aromatic rings. The minimum absolute atomic E-state index is 0.131. The molecule has 0 bridgehead atoms. The molecule has 0 aromatic heterocycles. The van der Waals surface area contributed by atoms with E-state index in [-0.39, 0.29) is 11.8 Å². The molecule has 3 unspecified atom stereocenters. The van der Waals surface area contributed by atoms with Gasteiger partial charge in [-0.1, -0.05) is 11.6 Å². The van der Waals surface area contributed by atoms with Crippen molar-refractivity contribution < 1.29 is 9.90 Å². The highest BCUT2D eigenvalue weighted by Gasteiger charge is 2.55. The van der Waals surface area contributed by atoms with Crippen LogP contribution in [0.2, 0.25) is 0 Å². The summed E-state index contributed by atoms with van der Waals surface area (Å²) >= 11 is 0. The van der Waals surface area contributed by atoms with Crippen LogP contribution in [0.15, 0.2) is 11.6 Å². The van der Waals surface area contributed by atoms with Gasteiger partial charge in [0.25, 0.3) is 0 Å². The summed E-state index contributed by atoms with van der Waals surface area (Å²) in [5.41, 5.74) is 6.97. The van der Waals surface area contributed by atoms with Crippen LogP contribution in [0.3, 0.4) is 0 Å². The lowest BCUT2D eigenvalue weighted by Gasteiger charge is -2.52. The Morgan fingerprint density at radius 1 is 1.79 bits per heavy atom. The third kappa shape index (κ3) is 1.19. The molecular weight excluding hydrogens is 178 g/mol. The summed E-state index contributed by atoms with van der Waals surface area (Å²) in [5, 5.41) is 8.88. The fraction of sp³-hybridized carbons (Fsp3) is 0.727. The molecule has 0 amide bonds. The van der Waals surface area contributed by atoms with Crippen molar-refractivity contribution in [1.82, 2.24) is 0 Å². The first-order valence-corrected chi connectivity index (χ1v) is 5.17. The first-order valence-electron chi connectivity index (χ1n) is 5.17. The van der Waals surface area contributed by atoms with E-state index in [9.17, 15) is 4.79 Å². The minimum atomic E-state index is -0.714. The van der Waals surface area contributed by atoms with E-state index in [1.807, 2.05) is 0 Å². The largest absolute Gasteiger partial charge is 0.481 e. The lowest BCUT2D eigenvalue weighted by molar-refractivity contribution is -0.144. The molecular formula is C11H17NO2. The molecule has 1 fully saturated rings. The van der Waals surface area contributed by atoms with Gasteiger partial charge in [-0.05, 0) is 38.1 Å². The summed E-state index contributed by atoms with van der Waals surface area (Å²) in [6.45, 7) is 2.61. The molecule has 0 radical (unpaired) electrons. The second-order valence-corrected chi connectivity index (χ2v) is 4.76. The second-order valence-electron chi connectivity index (χ2n) is 4.76. The first-order chi connectivity index (χ1) is 6.59. The Balaban J connectivity index is 2.16. The van der Waals surface area contributed by atoms with Gasteiger partial charge >= 0.3 is 5.97 Å². The van der Waals surface area contributed by atoms with Crippen LogP contribution in [-0.2, 0) is 4.79 Å². The Bertz CT molecular complexity index is 298. The van der Waals surface area contributed by atoms with E-state index in [0.717, 1.165) is 12.8 Å². The molecule has 2 rings (SSSR count). The zero-order valence-corrected chi connectivity index (χ0v) is 8.49. The summed E-state index contributed by atoms with van der Waals surface area (Å²) in [5.74, 6) is 0.412. The third-order valence-electron chi connectivity index (χ3n) is 3.94. The summed E-state index contributed by atoms with van der Waals surface area (Å²) in [4.78, 5) is 10.8. The van der Waals surface area contributed by atoms with Gasteiger partial charge in [0.1, 0.15) is 0 Å². The Labute approximate surface area is 84.0 Å². The average molecular weight is 195 g/mol. The molecule has 3 N–H and O–H groups in total. The van der Waals surface area contributed by atoms with Crippen LogP contribution in [0.1, 0.15) is 26.2 Å². The lowest BCUT2D eigenvalue weighted by atomic mass is 9.52. The van der Waals surface area contributed by atoms with Crippen molar-refractivity contribution in [3.63, 3.8) is 0 Å². The van der Waals surface area contributed by atoms with Crippen LogP contribution in [0.4, 0.5) is 0 Å². The van der Waals surface area contributed by atoms with Crippen LogP contribution < -0.4 is 5.73 Å². The van der Waals surface area contributed by atoms with Crippen LogP contribution in [0.5, 0.6) is 0 Å². The molecule has 2 aliphatic carbocycles. The Hall–Kier alpha value is -0.830. The van der Waals surface area contributed by atoms with E-state index in [2.05, 4.69) is 13.0 Å². The number of hydrogen-bond donors (Lipinski definition) is 2. The highest BCUT2D eigenvalue weighted by atomic mass is 16.4. The normalized spacial score (nSPS) is 40.0. The highest BCUT2D eigenvalue weighted by molar-refractivity contribution is 5.68. The molecule has 0 heterocycles. The predicted molar refractivity (Wildman–Crippen MR) is 53.7 cm³/mol. The zero-order chi connectivity index (χ0) is 10.3. The molecule has 0 spiro atoms.